The van der Waals surface area contributed by atoms with Crippen molar-refractivity contribution in [2.24, 2.45) is 0 Å². The van der Waals surface area contributed by atoms with Crippen molar-refractivity contribution in [1.82, 2.24) is 13.9 Å². The smallest absolute Gasteiger partial charge is 0.356 e. The molecule has 2 atom stereocenters. The predicted molar refractivity (Wildman–Crippen MR) is 144 cm³/mol. The van der Waals surface area contributed by atoms with Gasteiger partial charge in [0.05, 0.1) is 11.2 Å². The molecule has 1 heterocycles. The van der Waals surface area contributed by atoms with Gasteiger partial charge in [-0.2, -0.15) is 4.31 Å². The Balaban J connectivity index is 1.51. The van der Waals surface area contributed by atoms with Crippen LogP contribution < -0.4 is 0 Å². The highest BCUT2D eigenvalue weighted by atomic mass is 35.5. The standard InChI is InChI=1S/C28H24ClN3O6S/c29-22-10-6-19(7-11-22)20-8-12-23(13-9-20)39(37,38)32(15-14-31-17-25(26(33)34)30-18-31)28(27(35)36)16-24(28)21-4-2-1-3-5-21/h1-13,17-18,24H,14-16H2,(H,33,34)(H,35,36)/t24-,28+/m0/s1. The van der Waals surface area contributed by atoms with Crippen LogP contribution in [0.25, 0.3) is 11.1 Å². The Labute approximate surface area is 230 Å². The molecule has 5 rings (SSSR count). The summed E-state index contributed by atoms with van der Waals surface area (Å²) in [4.78, 5) is 27.7. The van der Waals surface area contributed by atoms with Gasteiger partial charge in [0.2, 0.25) is 10.0 Å². The summed E-state index contributed by atoms with van der Waals surface area (Å²) in [7, 11) is -4.29. The average Bonchev–Trinajstić information content (AvgIpc) is 3.50. The number of imidazole rings is 1. The number of rotatable bonds is 10. The van der Waals surface area contributed by atoms with Crippen LogP contribution in [0.3, 0.4) is 0 Å². The zero-order chi connectivity index (χ0) is 27.8. The summed E-state index contributed by atoms with van der Waals surface area (Å²) in [6.45, 7) is -0.189. The van der Waals surface area contributed by atoms with Gasteiger partial charge < -0.3 is 14.8 Å². The van der Waals surface area contributed by atoms with Gasteiger partial charge in [0, 0.05) is 30.2 Å². The number of carbonyl (C=O) groups is 2. The number of benzene rings is 3. The number of carboxylic acids is 2. The highest BCUT2D eigenvalue weighted by molar-refractivity contribution is 7.89. The number of halogens is 1. The minimum atomic E-state index is -4.29. The number of aromatic carboxylic acids is 1. The van der Waals surface area contributed by atoms with Gasteiger partial charge in [-0.25, -0.2) is 18.2 Å². The number of sulfonamides is 1. The lowest BCUT2D eigenvalue weighted by Crippen LogP contribution is -2.49. The van der Waals surface area contributed by atoms with E-state index < -0.39 is 33.4 Å². The molecule has 39 heavy (non-hydrogen) atoms. The maximum Gasteiger partial charge on any atom is 0.356 e. The van der Waals surface area contributed by atoms with E-state index in [1.807, 2.05) is 18.2 Å². The van der Waals surface area contributed by atoms with E-state index in [9.17, 15) is 28.2 Å². The molecule has 4 aromatic rings. The molecule has 1 aliphatic carbocycles. The summed E-state index contributed by atoms with van der Waals surface area (Å²) in [5, 5.41) is 20.2. The maximum absolute atomic E-state index is 14.1. The number of aromatic nitrogens is 2. The van der Waals surface area contributed by atoms with Crippen molar-refractivity contribution < 1.29 is 28.2 Å². The molecule has 0 saturated heterocycles. The van der Waals surface area contributed by atoms with Gasteiger partial charge in [-0.15, -0.1) is 0 Å². The molecule has 0 unspecified atom stereocenters. The van der Waals surface area contributed by atoms with Crippen molar-refractivity contribution in [3.05, 3.63) is 108 Å². The summed E-state index contributed by atoms with van der Waals surface area (Å²) in [6, 6.07) is 22.3. The fourth-order valence-electron chi connectivity index (χ4n) is 4.87. The topological polar surface area (TPSA) is 130 Å². The molecule has 0 radical (unpaired) electrons. The molecule has 1 fully saturated rings. The van der Waals surface area contributed by atoms with Crippen LogP contribution in [0.4, 0.5) is 0 Å². The fraction of sp³-hybridized carbons (Fsp3) is 0.179. The lowest BCUT2D eigenvalue weighted by molar-refractivity contribution is -0.143. The van der Waals surface area contributed by atoms with Crippen LogP contribution in [0, 0.1) is 0 Å². The molecule has 0 amide bonds. The van der Waals surface area contributed by atoms with Gasteiger partial charge in [0.25, 0.3) is 0 Å². The average molecular weight is 566 g/mol. The molecule has 1 aromatic heterocycles. The summed E-state index contributed by atoms with van der Waals surface area (Å²) < 4.78 is 30.6. The SMILES string of the molecule is O=C(O)c1cn(CCN([C@]2(C(=O)O)C[C@H]2c2ccccc2)S(=O)(=O)c2ccc(-c3ccc(Cl)cc3)cc2)cn1. The normalized spacial score (nSPS) is 18.7. The van der Waals surface area contributed by atoms with Crippen LogP contribution in [0.1, 0.15) is 28.4 Å². The Morgan fingerprint density at radius 3 is 2.15 bits per heavy atom. The summed E-state index contributed by atoms with van der Waals surface area (Å²) >= 11 is 5.97. The molecule has 3 aromatic carbocycles. The van der Waals surface area contributed by atoms with E-state index in [0.717, 1.165) is 21.0 Å². The molecule has 0 bridgehead atoms. The molecule has 11 heteroatoms. The Morgan fingerprint density at radius 1 is 0.974 bits per heavy atom. The van der Waals surface area contributed by atoms with Gasteiger partial charge >= 0.3 is 11.9 Å². The Morgan fingerprint density at radius 2 is 1.59 bits per heavy atom. The minimum Gasteiger partial charge on any atom is -0.480 e. The molecule has 1 saturated carbocycles. The highest BCUT2D eigenvalue weighted by Crippen LogP contribution is 2.57. The molecular weight excluding hydrogens is 542 g/mol. The Bertz CT molecular complexity index is 1620. The van der Waals surface area contributed by atoms with Gasteiger partial charge in [0.15, 0.2) is 5.69 Å². The van der Waals surface area contributed by atoms with Crippen LogP contribution in [0.15, 0.2) is 96.3 Å². The number of hydrogen-bond acceptors (Lipinski definition) is 5. The zero-order valence-electron chi connectivity index (χ0n) is 20.5. The first-order valence-electron chi connectivity index (χ1n) is 12.0. The second-order valence-corrected chi connectivity index (χ2v) is 11.6. The molecular formula is C28H24ClN3O6S. The van der Waals surface area contributed by atoms with Crippen LogP contribution in [-0.4, -0.2) is 56.5 Å². The van der Waals surface area contributed by atoms with Gasteiger partial charge in [-0.3, -0.25) is 4.79 Å². The first kappa shape index (κ1) is 26.6. The molecule has 0 spiro atoms. The number of hydrogen-bond donors (Lipinski definition) is 2. The fourth-order valence-corrected chi connectivity index (χ4v) is 6.76. The number of aliphatic carboxylic acids is 1. The lowest BCUT2D eigenvalue weighted by Gasteiger charge is -2.29. The molecule has 200 valence electrons. The molecule has 2 N–H and O–H groups in total. The number of nitrogens with zero attached hydrogens (tertiary/aromatic N) is 3. The zero-order valence-corrected chi connectivity index (χ0v) is 22.1. The maximum atomic E-state index is 14.1. The van der Waals surface area contributed by atoms with Gasteiger partial charge in [-0.05, 0) is 47.4 Å². The van der Waals surface area contributed by atoms with Crippen molar-refractivity contribution in [2.75, 3.05) is 6.54 Å². The first-order valence-corrected chi connectivity index (χ1v) is 13.9. The van der Waals surface area contributed by atoms with E-state index in [1.54, 1.807) is 48.5 Å². The molecule has 9 nitrogen and oxygen atoms in total. The predicted octanol–water partition coefficient (Wildman–Crippen LogP) is 4.60. The summed E-state index contributed by atoms with van der Waals surface area (Å²) in [6.07, 6.45) is 2.67. The van der Waals surface area contributed by atoms with Crippen molar-refractivity contribution in [3.63, 3.8) is 0 Å². The second kappa shape index (κ2) is 10.3. The van der Waals surface area contributed by atoms with Crippen LogP contribution in [0.5, 0.6) is 0 Å². The third-order valence-electron chi connectivity index (χ3n) is 6.98. The van der Waals surface area contributed by atoms with Crippen LogP contribution in [0.2, 0.25) is 5.02 Å². The molecule has 1 aliphatic rings. The van der Waals surface area contributed by atoms with Crippen molar-refractivity contribution >= 4 is 33.6 Å². The van der Waals surface area contributed by atoms with Crippen molar-refractivity contribution in [2.45, 2.75) is 29.3 Å². The third-order valence-corrected chi connectivity index (χ3v) is 9.19. The van der Waals surface area contributed by atoms with E-state index in [1.165, 1.54) is 29.2 Å². The van der Waals surface area contributed by atoms with E-state index in [0.29, 0.717) is 5.02 Å². The van der Waals surface area contributed by atoms with E-state index in [4.69, 9.17) is 11.6 Å². The minimum absolute atomic E-state index is 0.0128. The highest BCUT2D eigenvalue weighted by Gasteiger charge is 2.67. The van der Waals surface area contributed by atoms with Crippen molar-refractivity contribution in [1.29, 1.82) is 0 Å². The third kappa shape index (κ3) is 5.06. The van der Waals surface area contributed by atoms with Crippen LogP contribution >= 0.6 is 11.6 Å². The monoisotopic (exact) mass is 565 g/mol. The quantitative estimate of drug-likeness (QED) is 0.287. The Kier molecular flexibility index (Phi) is 7.02. The van der Waals surface area contributed by atoms with E-state index in [2.05, 4.69) is 4.98 Å². The number of carboxylic acid groups (broad SMARTS) is 2. The van der Waals surface area contributed by atoms with Gasteiger partial charge in [-0.1, -0.05) is 66.2 Å². The summed E-state index contributed by atoms with van der Waals surface area (Å²) in [5.41, 5.74) is 0.476. The second-order valence-electron chi connectivity index (χ2n) is 9.31. The van der Waals surface area contributed by atoms with E-state index in [-0.39, 0.29) is 30.1 Å². The van der Waals surface area contributed by atoms with Crippen molar-refractivity contribution in [3.8, 4) is 11.1 Å². The van der Waals surface area contributed by atoms with Crippen LogP contribution in [-0.2, 0) is 21.4 Å². The Hall–Kier alpha value is -3.99. The molecule has 0 aliphatic heterocycles. The summed E-state index contributed by atoms with van der Waals surface area (Å²) in [5.74, 6) is -3.00. The lowest BCUT2D eigenvalue weighted by atomic mass is 10.1. The first-order chi connectivity index (χ1) is 18.6. The van der Waals surface area contributed by atoms with Gasteiger partial charge in [0.1, 0.15) is 5.54 Å². The van der Waals surface area contributed by atoms with E-state index >= 15 is 0 Å². The largest absolute Gasteiger partial charge is 0.480 e.